The van der Waals surface area contributed by atoms with Crippen LogP contribution in [0, 0.1) is 6.92 Å². The van der Waals surface area contributed by atoms with E-state index in [4.69, 9.17) is 4.74 Å². The van der Waals surface area contributed by atoms with Gasteiger partial charge >= 0.3 is 0 Å². The molecule has 2 rings (SSSR count). The average molecular weight is 280 g/mol. The van der Waals surface area contributed by atoms with E-state index in [2.05, 4.69) is 29.3 Å². The number of hydrogen-bond donors (Lipinski definition) is 0. The Hall–Kier alpha value is -1.07. The summed E-state index contributed by atoms with van der Waals surface area (Å²) in [5.74, 6) is 1.84. The highest BCUT2D eigenvalue weighted by atomic mass is 32.2. The lowest BCUT2D eigenvalue weighted by Gasteiger charge is -2.06. The molecule has 0 radical (unpaired) electrons. The molecule has 96 valence electrons. The van der Waals surface area contributed by atoms with Crippen molar-refractivity contribution in [2.45, 2.75) is 24.6 Å². The maximum atomic E-state index is 5.71. The van der Waals surface area contributed by atoms with Crippen molar-refractivity contribution < 1.29 is 4.74 Å². The summed E-state index contributed by atoms with van der Waals surface area (Å²) in [6, 6.07) is 8.25. The van der Waals surface area contributed by atoms with Crippen LogP contribution >= 0.6 is 23.1 Å². The fourth-order valence-electron chi connectivity index (χ4n) is 1.48. The van der Waals surface area contributed by atoms with Crippen LogP contribution in [0.2, 0.25) is 0 Å². The minimum atomic E-state index is 0.691. The average Bonchev–Trinajstić information content (AvgIpc) is 2.81. The number of hydrogen-bond acceptors (Lipinski definition) is 5. The van der Waals surface area contributed by atoms with Crippen molar-refractivity contribution in [2.75, 3.05) is 12.4 Å². The molecule has 0 aliphatic carbocycles. The highest BCUT2D eigenvalue weighted by Crippen LogP contribution is 2.22. The van der Waals surface area contributed by atoms with E-state index in [0.717, 1.165) is 27.3 Å². The molecule has 0 amide bonds. The summed E-state index contributed by atoms with van der Waals surface area (Å²) in [7, 11) is 0. The lowest BCUT2D eigenvalue weighted by atomic mass is 10.2. The van der Waals surface area contributed by atoms with Crippen molar-refractivity contribution in [3.05, 3.63) is 34.8 Å². The molecule has 1 aromatic carbocycles. The van der Waals surface area contributed by atoms with Crippen LogP contribution in [0.1, 0.15) is 17.5 Å². The second-order valence-corrected chi connectivity index (χ2v) is 6.31. The normalized spacial score (nSPS) is 10.6. The minimum absolute atomic E-state index is 0.691. The number of aromatic nitrogens is 2. The lowest BCUT2D eigenvalue weighted by Crippen LogP contribution is -2.00. The molecule has 0 N–H and O–H groups in total. The van der Waals surface area contributed by atoms with Crippen molar-refractivity contribution >= 4 is 23.1 Å². The molecule has 0 fully saturated rings. The molecular weight excluding hydrogens is 264 g/mol. The Morgan fingerprint density at radius 1 is 1.33 bits per heavy atom. The van der Waals surface area contributed by atoms with E-state index in [0.29, 0.717) is 6.61 Å². The van der Waals surface area contributed by atoms with Crippen molar-refractivity contribution in [2.24, 2.45) is 0 Å². The molecule has 1 heterocycles. The highest BCUT2D eigenvalue weighted by molar-refractivity contribution is 8.01. The van der Waals surface area contributed by atoms with Gasteiger partial charge in [-0.1, -0.05) is 42.2 Å². The number of nitrogens with zero attached hydrogens (tertiary/aromatic N) is 2. The third-order valence-corrected chi connectivity index (χ3v) is 4.33. The molecule has 0 aliphatic heterocycles. The summed E-state index contributed by atoms with van der Waals surface area (Å²) < 4.78 is 6.73. The van der Waals surface area contributed by atoms with Crippen molar-refractivity contribution in [3.63, 3.8) is 0 Å². The van der Waals surface area contributed by atoms with E-state index in [9.17, 15) is 0 Å². The maximum absolute atomic E-state index is 5.71. The van der Waals surface area contributed by atoms with Gasteiger partial charge < -0.3 is 4.74 Å². The van der Waals surface area contributed by atoms with Gasteiger partial charge in [0.15, 0.2) is 4.34 Å². The molecule has 3 nitrogen and oxygen atoms in total. The Kier molecular flexibility index (Phi) is 5.01. The van der Waals surface area contributed by atoms with E-state index in [1.54, 1.807) is 23.1 Å². The van der Waals surface area contributed by atoms with E-state index >= 15 is 0 Å². The van der Waals surface area contributed by atoms with Gasteiger partial charge in [0.05, 0.1) is 6.61 Å². The number of benzene rings is 1. The first-order valence-corrected chi connectivity index (χ1v) is 7.73. The van der Waals surface area contributed by atoms with Crippen LogP contribution in [-0.2, 0) is 6.42 Å². The summed E-state index contributed by atoms with van der Waals surface area (Å²) in [4.78, 5) is 0. The number of ether oxygens (including phenoxy) is 1. The summed E-state index contributed by atoms with van der Waals surface area (Å²) in [5, 5.41) is 9.06. The van der Waals surface area contributed by atoms with Gasteiger partial charge in [0.1, 0.15) is 10.8 Å². The van der Waals surface area contributed by atoms with E-state index in [1.165, 1.54) is 5.56 Å². The quantitative estimate of drug-likeness (QED) is 0.598. The van der Waals surface area contributed by atoms with Gasteiger partial charge in [0.25, 0.3) is 0 Å². The zero-order valence-electron chi connectivity index (χ0n) is 10.5. The van der Waals surface area contributed by atoms with Crippen molar-refractivity contribution in [1.82, 2.24) is 10.2 Å². The predicted molar refractivity (Wildman–Crippen MR) is 76.7 cm³/mol. The molecule has 0 bridgehead atoms. The first kappa shape index (κ1) is 13.4. The van der Waals surface area contributed by atoms with Crippen LogP contribution in [-0.4, -0.2) is 22.6 Å². The standard InChI is InChI=1S/C13H16N2OS2/c1-3-11-5-4-6-12(9-11)16-7-8-17-13-15-14-10(2)18-13/h4-6,9H,3,7-8H2,1-2H3. The van der Waals surface area contributed by atoms with Gasteiger partial charge in [0, 0.05) is 5.75 Å². The minimum Gasteiger partial charge on any atom is -0.493 e. The summed E-state index contributed by atoms with van der Waals surface area (Å²) in [5.41, 5.74) is 1.31. The molecule has 0 aliphatic rings. The number of rotatable bonds is 6. The van der Waals surface area contributed by atoms with Crippen molar-refractivity contribution in [1.29, 1.82) is 0 Å². The van der Waals surface area contributed by atoms with Crippen LogP contribution in [0.3, 0.4) is 0 Å². The zero-order valence-corrected chi connectivity index (χ0v) is 12.2. The van der Waals surface area contributed by atoms with E-state index < -0.39 is 0 Å². The van der Waals surface area contributed by atoms with E-state index in [1.807, 2.05) is 19.1 Å². The molecular formula is C13H16N2OS2. The van der Waals surface area contributed by atoms with Crippen LogP contribution in [0.5, 0.6) is 5.75 Å². The summed E-state index contributed by atoms with van der Waals surface area (Å²) in [6.07, 6.45) is 1.04. The fourth-order valence-corrected chi connectivity index (χ4v) is 3.18. The molecule has 0 atom stereocenters. The Morgan fingerprint density at radius 2 is 2.22 bits per heavy atom. The molecule has 18 heavy (non-hydrogen) atoms. The van der Waals surface area contributed by atoms with Crippen molar-refractivity contribution in [3.8, 4) is 5.75 Å². The van der Waals surface area contributed by atoms with Gasteiger partial charge in [-0.2, -0.15) is 0 Å². The second-order valence-electron chi connectivity index (χ2n) is 3.78. The summed E-state index contributed by atoms with van der Waals surface area (Å²) in [6.45, 7) is 4.80. The zero-order chi connectivity index (χ0) is 12.8. The predicted octanol–water partition coefficient (Wildman–Crippen LogP) is 3.58. The Bertz CT molecular complexity index is 499. The molecule has 5 heteroatoms. The van der Waals surface area contributed by atoms with Gasteiger partial charge in [-0.15, -0.1) is 10.2 Å². The van der Waals surface area contributed by atoms with Gasteiger partial charge in [-0.05, 0) is 31.0 Å². The van der Waals surface area contributed by atoms with Gasteiger partial charge in [0.2, 0.25) is 0 Å². The Labute approximate surface area is 116 Å². The molecule has 2 aromatic rings. The first-order valence-electron chi connectivity index (χ1n) is 5.92. The van der Waals surface area contributed by atoms with Crippen LogP contribution < -0.4 is 4.74 Å². The first-order chi connectivity index (χ1) is 8.78. The molecule has 1 aromatic heterocycles. The topological polar surface area (TPSA) is 35.0 Å². The summed E-state index contributed by atoms with van der Waals surface area (Å²) >= 11 is 3.32. The Balaban J connectivity index is 1.74. The van der Waals surface area contributed by atoms with Crippen LogP contribution in [0.25, 0.3) is 0 Å². The molecule has 0 unspecified atom stereocenters. The lowest BCUT2D eigenvalue weighted by molar-refractivity contribution is 0.343. The largest absolute Gasteiger partial charge is 0.493 e. The SMILES string of the molecule is CCc1cccc(OCCSc2nnc(C)s2)c1. The highest BCUT2D eigenvalue weighted by Gasteiger charge is 2.01. The monoisotopic (exact) mass is 280 g/mol. The third kappa shape index (κ3) is 3.99. The number of thioether (sulfide) groups is 1. The molecule has 0 saturated heterocycles. The second kappa shape index (κ2) is 6.75. The van der Waals surface area contributed by atoms with Gasteiger partial charge in [-0.25, -0.2) is 0 Å². The molecule has 0 saturated carbocycles. The van der Waals surface area contributed by atoms with Crippen LogP contribution in [0.4, 0.5) is 0 Å². The Morgan fingerprint density at radius 3 is 2.94 bits per heavy atom. The van der Waals surface area contributed by atoms with E-state index in [-0.39, 0.29) is 0 Å². The smallest absolute Gasteiger partial charge is 0.174 e. The maximum Gasteiger partial charge on any atom is 0.174 e. The third-order valence-electron chi connectivity index (χ3n) is 2.39. The molecule has 0 spiro atoms. The van der Waals surface area contributed by atoms with Gasteiger partial charge in [-0.3, -0.25) is 0 Å². The van der Waals surface area contributed by atoms with Crippen LogP contribution in [0.15, 0.2) is 28.6 Å². The fraction of sp³-hybridized carbons (Fsp3) is 0.385. The number of aryl methyl sites for hydroxylation is 2.